The van der Waals surface area contributed by atoms with E-state index in [0.717, 1.165) is 36.1 Å². The molecule has 2 unspecified atom stereocenters. The highest BCUT2D eigenvalue weighted by molar-refractivity contribution is 5.72. The van der Waals surface area contributed by atoms with Crippen LogP contribution < -0.4 is 16.4 Å². The van der Waals surface area contributed by atoms with Crippen LogP contribution >= 0.6 is 0 Å². The molecule has 0 spiro atoms. The van der Waals surface area contributed by atoms with Gasteiger partial charge in [-0.05, 0) is 83.2 Å². The highest BCUT2D eigenvalue weighted by Gasteiger charge is 2.15. The molecule has 34 heavy (non-hydrogen) atoms. The van der Waals surface area contributed by atoms with E-state index >= 15 is 0 Å². The first kappa shape index (κ1) is 31.3. The Morgan fingerprint density at radius 3 is 2.53 bits per heavy atom. The largest absolute Gasteiger partial charge is 0.489 e. The van der Waals surface area contributed by atoms with Gasteiger partial charge >= 0.3 is 0 Å². The quantitative estimate of drug-likeness (QED) is 0.0790. The third kappa shape index (κ3) is 13.8. The average Bonchev–Trinajstić information content (AvgIpc) is 2.84. The van der Waals surface area contributed by atoms with Crippen LogP contribution in [0.2, 0.25) is 0 Å². The summed E-state index contributed by atoms with van der Waals surface area (Å²) in [5.74, 6) is 0.548. The van der Waals surface area contributed by atoms with E-state index in [0.29, 0.717) is 43.7 Å². The molecule has 0 heterocycles. The van der Waals surface area contributed by atoms with E-state index in [4.69, 9.17) is 10.5 Å². The Morgan fingerprint density at radius 1 is 1.24 bits per heavy atom. The van der Waals surface area contributed by atoms with Crippen molar-refractivity contribution in [3.05, 3.63) is 58.6 Å². The van der Waals surface area contributed by atoms with Gasteiger partial charge in [0.05, 0.1) is 5.57 Å². The van der Waals surface area contributed by atoms with Gasteiger partial charge in [0.2, 0.25) is 0 Å². The van der Waals surface area contributed by atoms with Crippen LogP contribution in [0, 0.1) is 17.2 Å². The van der Waals surface area contributed by atoms with Gasteiger partial charge in [0.15, 0.2) is 0 Å². The van der Waals surface area contributed by atoms with Crippen LogP contribution in [0.15, 0.2) is 58.6 Å². The lowest BCUT2D eigenvalue weighted by Gasteiger charge is -2.21. The van der Waals surface area contributed by atoms with Crippen molar-refractivity contribution in [1.29, 1.82) is 5.26 Å². The first-order chi connectivity index (χ1) is 16.2. The molecule has 0 aliphatic carbocycles. The molecule has 2 atom stereocenters. The fourth-order valence-electron chi connectivity index (χ4n) is 3.12. The minimum Gasteiger partial charge on any atom is -0.489 e. The predicted octanol–water partition coefficient (Wildman–Crippen LogP) is 3.66. The maximum Gasteiger partial charge on any atom is 0.145 e. The van der Waals surface area contributed by atoms with Crippen molar-refractivity contribution in [1.82, 2.24) is 10.6 Å². The molecule has 0 aromatic heterocycles. The van der Waals surface area contributed by atoms with Gasteiger partial charge in [-0.3, -0.25) is 4.79 Å². The van der Waals surface area contributed by atoms with E-state index < -0.39 is 0 Å². The summed E-state index contributed by atoms with van der Waals surface area (Å²) in [7, 11) is 1.88. The Morgan fingerprint density at radius 2 is 1.94 bits per heavy atom. The normalized spacial score (nSPS) is 15.3. The topological polar surface area (TPSA) is 120 Å². The number of nitrogens with one attached hydrogen (secondary N) is 2. The number of nitriles is 1. The summed E-state index contributed by atoms with van der Waals surface area (Å²) in [6.07, 6.45) is 9.09. The number of aldehydes is 1. The Bertz CT molecular complexity index is 795. The second-order valence-electron chi connectivity index (χ2n) is 8.67. The van der Waals surface area contributed by atoms with E-state index in [1.807, 2.05) is 40.0 Å². The summed E-state index contributed by atoms with van der Waals surface area (Å²) in [6, 6.07) is 2.08. The molecule has 0 saturated carbocycles. The molecular weight excluding hydrogens is 428 g/mol. The average molecular weight is 473 g/mol. The van der Waals surface area contributed by atoms with Crippen molar-refractivity contribution in [2.75, 3.05) is 33.3 Å². The first-order valence-electron chi connectivity index (χ1n) is 11.9. The van der Waals surface area contributed by atoms with Crippen LogP contribution in [0.3, 0.4) is 0 Å². The van der Waals surface area contributed by atoms with Gasteiger partial charge in [-0.15, -0.1) is 0 Å². The summed E-state index contributed by atoms with van der Waals surface area (Å²) in [4.78, 5) is 10.7. The molecule has 0 amide bonds. The van der Waals surface area contributed by atoms with Gasteiger partial charge in [0, 0.05) is 25.4 Å². The lowest BCUT2D eigenvalue weighted by Crippen LogP contribution is -2.22. The number of aliphatic hydroxyl groups excluding tert-OH is 1. The van der Waals surface area contributed by atoms with Crippen molar-refractivity contribution in [2.45, 2.75) is 59.5 Å². The van der Waals surface area contributed by atoms with Crippen molar-refractivity contribution >= 4 is 6.29 Å². The standard InChI is InChI=1S/C27H44N4O3/c1-20(9-10-21(2)19-33)17-31-18-24(5)27(29)22(3)11-12-26(23(4)16-28)34-25(8-7-15-32)13-14-30-6/h9-10,12,19,22,25,30-32H,4,7-8,11,13-15,17-18,29H2,1-3,5-6H3/b20-9+,21-10+,26-12+,27-24-. The number of hydrogen-bond acceptors (Lipinski definition) is 7. The smallest absolute Gasteiger partial charge is 0.145 e. The van der Waals surface area contributed by atoms with Crippen molar-refractivity contribution in [2.24, 2.45) is 11.7 Å². The van der Waals surface area contributed by atoms with Gasteiger partial charge in [0.1, 0.15) is 24.2 Å². The number of rotatable bonds is 18. The molecule has 0 rings (SSSR count). The molecule has 0 aromatic carbocycles. The van der Waals surface area contributed by atoms with E-state index in [1.54, 1.807) is 13.0 Å². The van der Waals surface area contributed by atoms with Crippen LogP contribution in [-0.4, -0.2) is 50.8 Å². The van der Waals surface area contributed by atoms with Gasteiger partial charge in [-0.1, -0.05) is 31.2 Å². The van der Waals surface area contributed by atoms with Gasteiger partial charge < -0.3 is 26.2 Å². The second-order valence-corrected chi connectivity index (χ2v) is 8.67. The predicted molar refractivity (Wildman–Crippen MR) is 140 cm³/mol. The highest BCUT2D eigenvalue weighted by atomic mass is 16.5. The number of ether oxygens (including phenoxy) is 1. The second kappa shape index (κ2) is 18.7. The molecule has 190 valence electrons. The van der Waals surface area contributed by atoms with Crippen LogP contribution in [0.1, 0.15) is 53.4 Å². The SMILES string of the molecule is C=C(C#N)/C(=C\CC(C)/C(N)=C(\C)CNC/C(C)=C/C=C(\C)C=O)OC(CCCO)CCNC. The molecule has 5 N–H and O–H groups in total. The number of nitrogens with zero attached hydrogens (tertiary/aromatic N) is 1. The minimum absolute atomic E-state index is 0.0647. The lowest BCUT2D eigenvalue weighted by molar-refractivity contribution is -0.104. The number of allylic oxidation sites excluding steroid dienone is 6. The van der Waals surface area contributed by atoms with Crippen molar-refractivity contribution in [3.8, 4) is 6.07 Å². The third-order valence-electron chi connectivity index (χ3n) is 5.42. The van der Waals surface area contributed by atoms with Crippen LogP contribution in [0.4, 0.5) is 0 Å². The van der Waals surface area contributed by atoms with Crippen LogP contribution in [0.25, 0.3) is 0 Å². The minimum atomic E-state index is -0.105. The Kier molecular flexibility index (Phi) is 17.3. The fraction of sp³-hybridized carbons (Fsp3) is 0.556. The van der Waals surface area contributed by atoms with Crippen LogP contribution in [0.5, 0.6) is 0 Å². The molecule has 0 aliphatic heterocycles. The van der Waals surface area contributed by atoms with Crippen molar-refractivity contribution < 1.29 is 14.6 Å². The third-order valence-corrected chi connectivity index (χ3v) is 5.42. The zero-order valence-electron chi connectivity index (χ0n) is 21.6. The van der Waals surface area contributed by atoms with E-state index in [-0.39, 0.29) is 24.2 Å². The Labute approximate surface area is 206 Å². The zero-order chi connectivity index (χ0) is 25.9. The molecular formula is C27H44N4O3. The van der Waals surface area contributed by atoms with E-state index in [9.17, 15) is 15.2 Å². The van der Waals surface area contributed by atoms with E-state index in [2.05, 4.69) is 23.3 Å². The van der Waals surface area contributed by atoms with Crippen molar-refractivity contribution in [3.63, 3.8) is 0 Å². The highest BCUT2D eigenvalue weighted by Crippen LogP contribution is 2.21. The summed E-state index contributed by atoms with van der Waals surface area (Å²) < 4.78 is 6.12. The lowest BCUT2D eigenvalue weighted by atomic mass is 9.99. The summed E-state index contributed by atoms with van der Waals surface area (Å²) >= 11 is 0. The Hall–Kier alpha value is -2.66. The molecule has 0 radical (unpaired) electrons. The van der Waals surface area contributed by atoms with Gasteiger partial charge in [0.25, 0.3) is 0 Å². The molecule has 0 bridgehead atoms. The molecule has 0 aliphatic rings. The maximum absolute atomic E-state index is 10.7. The van der Waals surface area contributed by atoms with E-state index in [1.165, 1.54) is 0 Å². The molecule has 7 heteroatoms. The summed E-state index contributed by atoms with van der Waals surface area (Å²) in [6.45, 7) is 13.9. The number of carbonyl (C=O) groups excluding carboxylic acids is 1. The Balaban J connectivity index is 5.14. The first-order valence-corrected chi connectivity index (χ1v) is 11.9. The summed E-state index contributed by atoms with van der Waals surface area (Å²) in [5, 5.41) is 25.0. The fourth-order valence-corrected chi connectivity index (χ4v) is 3.12. The summed E-state index contributed by atoms with van der Waals surface area (Å²) in [5.41, 5.74) is 10.4. The maximum atomic E-state index is 10.7. The van der Waals surface area contributed by atoms with Crippen LogP contribution in [-0.2, 0) is 9.53 Å². The monoisotopic (exact) mass is 472 g/mol. The van der Waals surface area contributed by atoms with Gasteiger partial charge in [-0.2, -0.15) is 5.26 Å². The molecule has 0 fully saturated rings. The zero-order valence-corrected chi connectivity index (χ0v) is 21.6. The molecule has 0 aromatic rings. The number of hydrogen-bond donors (Lipinski definition) is 4. The van der Waals surface area contributed by atoms with Gasteiger partial charge in [-0.25, -0.2) is 0 Å². The number of carbonyl (C=O) groups is 1. The number of nitrogens with two attached hydrogens (primary N) is 1. The molecule has 7 nitrogen and oxygen atoms in total. The molecule has 0 saturated heterocycles. The number of aliphatic hydroxyl groups is 1.